The zero-order chi connectivity index (χ0) is 47.6. The molecular weight excluding hydrogens is 830 g/mol. The summed E-state index contributed by atoms with van der Waals surface area (Å²) in [5, 5.41) is 0. The van der Waals surface area contributed by atoms with Gasteiger partial charge in [0.05, 0.1) is 34.4 Å². The minimum atomic E-state index is -4.54. The van der Waals surface area contributed by atoms with E-state index in [-0.39, 0.29) is 25.8 Å². The largest absolute Gasteiger partial charge is 0.756 e. The van der Waals surface area contributed by atoms with E-state index >= 15 is 0 Å². The van der Waals surface area contributed by atoms with E-state index in [2.05, 4.69) is 98.9 Å². The van der Waals surface area contributed by atoms with Gasteiger partial charge in [-0.2, -0.15) is 0 Å². The summed E-state index contributed by atoms with van der Waals surface area (Å²) in [6.45, 7) is 5.25. The first-order valence-electron chi connectivity index (χ1n) is 26.3. The number of likely N-dealkylation sites (N-methyl/N-ethyl adjacent to an activating group) is 1. The van der Waals surface area contributed by atoms with E-state index in [1.165, 1.54) is 109 Å². The summed E-state index contributed by atoms with van der Waals surface area (Å²) >= 11 is 0. The Labute approximate surface area is 401 Å². The van der Waals surface area contributed by atoms with E-state index in [1.807, 2.05) is 21.1 Å². The van der Waals surface area contributed by atoms with Gasteiger partial charge in [0.25, 0.3) is 7.82 Å². The van der Waals surface area contributed by atoms with Gasteiger partial charge < -0.3 is 27.9 Å². The van der Waals surface area contributed by atoms with Crippen molar-refractivity contribution in [2.45, 2.75) is 213 Å². The zero-order valence-electron chi connectivity index (χ0n) is 42.7. The average Bonchev–Trinajstić information content (AvgIpc) is 3.27. The van der Waals surface area contributed by atoms with Crippen molar-refractivity contribution < 1.29 is 37.3 Å². The fourth-order valence-corrected chi connectivity index (χ4v) is 7.63. The van der Waals surface area contributed by atoms with Crippen molar-refractivity contribution >= 4 is 13.8 Å². The Morgan fingerprint density at radius 1 is 0.492 bits per heavy atom. The number of phosphoric acid groups is 1. The number of carbonyl (C=O) groups is 1. The van der Waals surface area contributed by atoms with E-state index < -0.39 is 13.9 Å². The second kappa shape index (κ2) is 48.1. The van der Waals surface area contributed by atoms with Crippen LogP contribution in [-0.4, -0.2) is 70.7 Å². The summed E-state index contributed by atoms with van der Waals surface area (Å²) in [6, 6.07) is 0. The molecule has 0 aliphatic heterocycles. The number of nitrogens with zero attached hydrogens (tertiary/aromatic N) is 1. The molecule has 0 aromatic heterocycles. The SMILES string of the molecule is CC/C=C\C/C=C\C/C=C\C/C=C\C/C=C\CCCCCCCCCCOCC(COP(=O)([O-])OCC[N+](C)(C)C)OC(=O)CCCCCCCCCCC/C=C\C/C=C\CCCCC. The Balaban J connectivity index is 4.17. The summed E-state index contributed by atoms with van der Waals surface area (Å²) < 4.78 is 34.8. The molecule has 0 radical (unpaired) electrons. The van der Waals surface area contributed by atoms with Crippen molar-refractivity contribution in [3.63, 3.8) is 0 Å². The van der Waals surface area contributed by atoms with Crippen LogP contribution in [0.2, 0.25) is 0 Å². The Kier molecular flexibility index (Phi) is 46.4. The van der Waals surface area contributed by atoms with Gasteiger partial charge in [0, 0.05) is 13.0 Å². The van der Waals surface area contributed by atoms with Crippen molar-refractivity contribution in [1.82, 2.24) is 0 Å². The molecule has 376 valence electrons. The van der Waals surface area contributed by atoms with E-state index in [1.54, 1.807) is 0 Å². The molecule has 0 amide bonds. The molecule has 0 spiro atoms. The summed E-state index contributed by atoms with van der Waals surface area (Å²) in [5.41, 5.74) is 0. The number of hydrogen-bond donors (Lipinski definition) is 0. The number of hydrogen-bond acceptors (Lipinski definition) is 7. The number of phosphoric ester groups is 1. The fraction of sp³-hybridized carbons (Fsp3) is 0.732. The Bertz CT molecular complexity index is 1310. The summed E-state index contributed by atoms with van der Waals surface area (Å²) in [4.78, 5) is 25.2. The van der Waals surface area contributed by atoms with Crippen molar-refractivity contribution in [1.29, 1.82) is 0 Å². The Morgan fingerprint density at radius 2 is 0.892 bits per heavy atom. The van der Waals surface area contributed by atoms with Gasteiger partial charge in [0.2, 0.25) is 0 Å². The second-order valence-corrected chi connectivity index (χ2v) is 19.9. The van der Waals surface area contributed by atoms with Gasteiger partial charge in [-0.3, -0.25) is 9.36 Å². The van der Waals surface area contributed by atoms with Crippen LogP contribution in [0.4, 0.5) is 0 Å². The number of unbranched alkanes of at least 4 members (excludes halogenated alkanes) is 20. The van der Waals surface area contributed by atoms with Gasteiger partial charge in [0.1, 0.15) is 19.3 Å². The van der Waals surface area contributed by atoms with Gasteiger partial charge in [0.15, 0.2) is 0 Å². The van der Waals surface area contributed by atoms with Crippen LogP contribution in [0.5, 0.6) is 0 Å². The van der Waals surface area contributed by atoms with Crippen LogP contribution in [0.3, 0.4) is 0 Å². The van der Waals surface area contributed by atoms with Crippen molar-refractivity contribution in [2.75, 3.05) is 54.1 Å². The molecule has 0 heterocycles. The molecule has 2 atom stereocenters. The first kappa shape index (κ1) is 62.7. The monoisotopic (exact) mass is 930 g/mol. The third-order valence-corrected chi connectivity index (χ3v) is 11.9. The molecule has 0 saturated heterocycles. The highest BCUT2D eigenvalue weighted by Gasteiger charge is 2.20. The number of allylic oxidation sites excluding steroid dienone is 14. The molecule has 0 rings (SSSR count). The molecule has 0 saturated carbocycles. The molecule has 8 nitrogen and oxygen atoms in total. The smallest absolute Gasteiger partial charge is 0.306 e. The van der Waals surface area contributed by atoms with Crippen molar-refractivity contribution in [3.8, 4) is 0 Å². The normalized spacial score (nSPS) is 14.2. The van der Waals surface area contributed by atoms with Crippen LogP contribution >= 0.6 is 7.82 Å². The van der Waals surface area contributed by atoms with Crippen LogP contribution in [0, 0.1) is 0 Å². The minimum Gasteiger partial charge on any atom is -0.756 e. The van der Waals surface area contributed by atoms with Crippen LogP contribution in [0.15, 0.2) is 85.1 Å². The lowest BCUT2D eigenvalue weighted by atomic mass is 10.1. The van der Waals surface area contributed by atoms with Crippen LogP contribution in [0.25, 0.3) is 0 Å². The molecule has 0 bridgehead atoms. The number of ether oxygens (including phenoxy) is 2. The maximum atomic E-state index is 12.8. The topological polar surface area (TPSA) is 94.1 Å². The lowest BCUT2D eigenvalue weighted by molar-refractivity contribution is -0.870. The third-order valence-electron chi connectivity index (χ3n) is 10.9. The number of esters is 1. The van der Waals surface area contributed by atoms with E-state index in [0.29, 0.717) is 24.1 Å². The first-order valence-corrected chi connectivity index (χ1v) is 27.8. The fourth-order valence-electron chi connectivity index (χ4n) is 6.90. The molecule has 0 N–H and O–H groups in total. The predicted octanol–water partition coefficient (Wildman–Crippen LogP) is 15.8. The van der Waals surface area contributed by atoms with Gasteiger partial charge in [-0.1, -0.05) is 195 Å². The standard InChI is InChI=1S/C56H100NO7P/c1-6-8-10-12-14-16-18-20-22-24-26-27-28-29-30-32-34-36-38-40-42-44-46-48-51-61-53-55(54-63-65(59,60)62-52-50-57(3,4)5)64-56(58)49-47-45-43-41-39-37-35-33-31-25-23-21-19-17-15-13-11-9-7-2/h8,10,14-17,20-23,26-27,29-30,55H,6-7,9,11-13,18-19,24-25,28,31-54H2,1-5H3/b10-8-,16-14-,17-15-,22-20-,23-21-,27-26-,30-29-. The first-order chi connectivity index (χ1) is 31.6. The number of rotatable bonds is 48. The van der Waals surface area contributed by atoms with E-state index in [9.17, 15) is 14.3 Å². The van der Waals surface area contributed by atoms with Crippen LogP contribution in [-0.2, 0) is 27.9 Å². The quantitative estimate of drug-likeness (QED) is 0.0197. The number of quaternary nitrogens is 1. The molecular formula is C56H100NO7P. The van der Waals surface area contributed by atoms with Crippen molar-refractivity contribution in [2.24, 2.45) is 0 Å². The highest BCUT2D eigenvalue weighted by Crippen LogP contribution is 2.38. The average molecular weight is 930 g/mol. The summed E-state index contributed by atoms with van der Waals surface area (Å²) in [7, 11) is 1.34. The summed E-state index contributed by atoms with van der Waals surface area (Å²) in [5.74, 6) is -0.344. The Hall–Kier alpha value is -2.32. The molecule has 0 aromatic carbocycles. The molecule has 0 aromatic rings. The highest BCUT2D eigenvalue weighted by molar-refractivity contribution is 7.45. The molecule has 65 heavy (non-hydrogen) atoms. The third kappa shape index (κ3) is 52.5. The maximum Gasteiger partial charge on any atom is 0.306 e. The van der Waals surface area contributed by atoms with Crippen molar-refractivity contribution in [3.05, 3.63) is 85.1 Å². The van der Waals surface area contributed by atoms with Gasteiger partial charge in [-0.25, -0.2) is 0 Å². The summed E-state index contributed by atoms with van der Waals surface area (Å²) in [6.07, 6.45) is 64.6. The van der Waals surface area contributed by atoms with Gasteiger partial charge in [-0.05, 0) is 89.9 Å². The molecule has 2 unspecified atom stereocenters. The van der Waals surface area contributed by atoms with E-state index in [4.69, 9.17) is 18.5 Å². The lowest BCUT2D eigenvalue weighted by Gasteiger charge is -2.28. The molecule has 9 heteroatoms. The number of carbonyl (C=O) groups excluding carboxylic acids is 1. The van der Waals surface area contributed by atoms with Gasteiger partial charge >= 0.3 is 5.97 Å². The second-order valence-electron chi connectivity index (χ2n) is 18.5. The molecule has 0 aliphatic rings. The van der Waals surface area contributed by atoms with Crippen LogP contribution < -0.4 is 4.89 Å². The molecule has 0 fully saturated rings. The van der Waals surface area contributed by atoms with Gasteiger partial charge in [-0.15, -0.1) is 0 Å². The minimum absolute atomic E-state index is 0.0194. The highest BCUT2D eigenvalue weighted by atomic mass is 31.2. The van der Waals surface area contributed by atoms with Crippen LogP contribution in [0.1, 0.15) is 206 Å². The predicted molar refractivity (Wildman–Crippen MR) is 277 cm³/mol. The molecule has 0 aliphatic carbocycles. The Morgan fingerprint density at radius 3 is 1.34 bits per heavy atom. The maximum absolute atomic E-state index is 12.8. The van der Waals surface area contributed by atoms with E-state index in [0.717, 1.165) is 77.0 Å². The zero-order valence-corrected chi connectivity index (χ0v) is 43.6. The lowest BCUT2D eigenvalue weighted by Crippen LogP contribution is -2.37.